The lowest BCUT2D eigenvalue weighted by molar-refractivity contribution is 0.621. The first-order chi connectivity index (χ1) is 7.99. The minimum absolute atomic E-state index is 0.0828. The molecule has 0 saturated heterocycles. The maximum atomic E-state index is 13.1. The number of pyridine rings is 1. The molecule has 1 N–H and O–H groups in total. The van der Waals surface area contributed by atoms with Gasteiger partial charge in [0.2, 0.25) is 0 Å². The van der Waals surface area contributed by atoms with E-state index in [0.29, 0.717) is 10.6 Å². The van der Waals surface area contributed by atoms with Crippen molar-refractivity contribution in [1.82, 2.24) is 4.98 Å². The first kappa shape index (κ1) is 12.4. The number of hydrogen-bond acceptors (Lipinski definition) is 1. The molecule has 0 aliphatic heterocycles. The summed E-state index contributed by atoms with van der Waals surface area (Å²) in [7, 11) is 0. The molecule has 0 spiro atoms. The molecule has 0 amide bonds. The van der Waals surface area contributed by atoms with Crippen LogP contribution < -0.4 is 5.56 Å². The van der Waals surface area contributed by atoms with E-state index in [1.54, 1.807) is 0 Å². The van der Waals surface area contributed by atoms with E-state index in [4.69, 9.17) is 34.8 Å². The first-order valence-electron chi connectivity index (χ1n) is 4.52. The molecule has 2 aromatic rings. The molecule has 17 heavy (non-hydrogen) atoms. The first-order valence-corrected chi connectivity index (χ1v) is 5.65. The summed E-state index contributed by atoms with van der Waals surface area (Å²) in [4.78, 5) is 13.8. The summed E-state index contributed by atoms with van der Waals surface area (Å²) in [5.41, 5.74) is -0.0871. The van der Waals surface area contributed by atoms with Crippen molar-refractivity contribution >= 4 is 34.8 Å². The van der Waals surface area contributed by atoms with Crippen molar-refractivity contribution in [3.05, 3.63) is 55.6 Å². The van der Waals surface area contributed by atoms with E-state index in [2.05, 4.69) is 4.98 Å². The molecular formula is C11H5Cl3FNO. The van der Waals surface area contributed by atoms with Gasteiger partial charge in [-0.3, -0.25) is 4.79 Å². The van der Waals surface area contributed by atoms with Gasteiger partial charge in [0.15, 0.2) is 0 Å². The number of aromatic amines is 1. The average Bonchev–Trinajstić information content (AvgIpc) is 2.27. The van der Waals surface area contributed by atoms with E-state index in [1.165, 1.54) is 12.1 Å². The number of H-pyrrole nitrogens is 1. The normalized spacial score (nSPS) is 10.6. The number of hydrogen-bond donors (Lipinski definition) is 1. The number of benzene rings is 1. The molecule has 88 valence electrons. The summed E-state index contributed by atoms with van der Waals surface area (Å²) in [6.07, 6.45) is 0.964. The third kappa shape index (κ3) is 2.46. The van der Waals surface area contributed by atoms with Crippen LogP contribution in [-0.2, 0) is 0 Å². The third-order valence-corrected chi connectivity index (χ3v) is 3.17. The van der Waals surface area contributed by atoms with Gasteiger partial charge >= 0.3 is 0 Å². The van der Waals surface area contributed by atoms with Gasteiger partial charge in [0.1, 0.15) is 5.82 Å². The topological polar surface area (TPSA) is 32.9 Å². The Morgan fingerprint density at radius 3 is 2.47 bits per heavy atom. The minimum Gasteiger partial charge on any atom is -0.326 e. The van der Waals surface area contributed by atoms with Crippen molar-refractivity contribution in [3.8, 4) is 11.1 Å². The van der Waals surface area contributed by atoms with Crippen molar-refractivity contribution < 1.29 is 4.39 Å². The molecule has 6 heteroatoms. The fraction of sp³-hybridized carbons (Fsp3) is 0. The van der Waals surface area contributed by atoms with Crippen LogP contribution in [0.5, 0.6) is 0 Å². The van der Waals surface area contributed by atoms with Crippen molar-refractivity contribution in [2.24, 2.45) is 0 Å². The van der Waals surface area contributed by atoms with Crippen LogP contribution in [0.1, 0.15) is 0 Å². The highest BCUT2D eigenvalue weighted by atomic mass is 35.5. The second-order valence-electron chi connectivity index (χ2n) is 3.31. The van der Waals surface area contributed by atoms with Crippen LogP contribution in [0.2, 0.25) is 15.1 Å². The lowest BCUT2D eigenvalue weighted by Gasteiger charge is -2.06. The fourth-order valence-electron chi connectivity index (χ4n) is 1.41. The van der Waals surface area contributed by atoms with Crippen LogP contribution in [0.4, 0.5) is 4.39 Å². The van der Waals surface area contributed by atoms with Gasteiger partial charge in [-0.25, -0.2) is 4.39 Å². The molecule has 0 bridgehead atoms. The quantitative estimate of drug-likeness (QED) is 0.787. The van der Waals surface area contributed by atoms with Gasteiger partial charge in [-0.2, -0.15) is 0 Å². The average molecular weight is 293 g/mol. The maximum Gasteiger partial charge on any atom is 0.256 e. The van der Waals surface area contributed by atoms with Gasteiger partial charge in [-0.15, -0.1) is 0 Å². The van der Waals surface area contributed by atoms with Gasteiger partial charge in [0.25, 0.3) is 5.56 Å². The predicted molar refractivity (Wildman–Crippen MR) is 67.5 cm³/mol. The van der Waals surface area contributed by atoms with Crippen molar-refractivity contribution in [1.29, 1.82) is 0 Å². The second-order valence-corrected chi connectivity index (χ2v) is 4.53. The van der Waals surface area contributed by atoms with Gasteiger partial charge < -0.3 is 4.98 Å². The molecule has 1 aromatic heterocycles. The smallest absolute Gasteiger partial charge is 0.256 e. The summed E-state index contributed by atoms with van der Waals surface area (Å²) in [6, 6.07) is 3.98. The molecule has 1 heterocycles. The SMILES string of the molecule is O=c1[nH]cc(F)cc1-c1cc(Cl)cc(Cl)c1Cl. The van der Waals surface area contributed by atoms with Crippen molar-refractivity contribution in [2.45, 2.75) is 0 Å². The van der Waals surface area contributed by atoms with E-state index >= 15 is 0 Å². The fourth-order valence-corrected chi connectivity index (χ4v) is 2.11. The van der Waals surface area contributed by atoms with E-state index in [-0.39, 0.29) is 15.6 Å². The molecule has 2 nitrogen and oxygen atoms in total. The minimum atomic E-state index is -0.577. The molecule has 0 fully saturated rings. The van der Waals surface area contributed by atoms with Gasteiger partial charge in [0, 0.05) is 16.8 Å². The lowest BCUT2D eigenvalue weighted by Crippen LogP contribution is -2.08. The Kier molecular flexibility index (Phi) is 3.43. The van der Waals surface area contributed by atoms with E-state index < -0.39 is 11.4 Å². The van der Waals surface area contributed by atoms with E-state index in [0.717, 1.165) is 12.3 Å². The Labute approximate surface area is 111 Å². The van der Waals surface area contributed by atoms with Crippen LogP contribution >= 0.6 is 34.8 Å². The summed E-state index contributed by atoms with van der Waals surface area (Å²) < 4.78 is 13.1. The zero-order valence-electron chi connectivity index (χ0n) is 8.23. The van der Waals surface area contributed by atoms with Crippen LogP contribution in [0.25, 0.3) is 11.1 Å². The summed E-state index contributed by atoms with van der Waals surface area (Å²) in [6.45, 7) is 0. The summed E-state index contributed by atoms with van der Waals surface area (Å²) in [5, 5.41) is 0.683. The molecule has 0 unspecified atom stereocenters. The Morgan fingerprint density at radius 2 is 1.76 bits per heavy atom. The molecule has 0 aliphatic carbocycles. The maximum absolute atomic E-state index is 13.1. The highest BCUT2D eigenvalue weighted by molar-refractivity contribution is 6.45. The zero-order chi connectivity index (χ0) is 12.6. The van der Waals surface area contributed by atoms with Gasteiger partial charge in [-0.1, -0.05) is 34.8 Å². The number of nitrogens with one attached hydrogen (secondary N) is 1. The van der Waals surface area contributed by atoms with E-state index in [1.807, 2.05) is 0 Å². The highest BCUT2D eigenvalue weighted by Crippen LogP contribution is 2.35. The highest BCUT2D eigenvalue weighted by Gasteiger charge is 2.12. The second kappa shape index (κ2) is 4.69. The van der Waals surface area contributed by atoms with E-state index in [9.17, 15) is 9.18 Å². The predicted octanol–water partition coefficient (Wildman–Crippen LogP) is 4.14. The molecule has 2 rings (SSSR count). The Morgan fingerprint density at radius 1 is 1.06 bits per heavy atom. The van der Waals surface area contributed by atoms with Crippen LogP contribution in [0.3, 0.4) is 0 Å². The number of aromatic nitrogens is 1. The summed E-state index contributed by atoms with van der Waals surface area (Å²) in [5.74, 6) is -0.577. The standard InChI is InChI=1S/C11H5Cl3FNO/c12-5-1-7(10(14)9(13)2-5)8-3-6(15)4-16-11(8)17/h1-4H,(H,16,17). The molecule has 0 radical (unpaired) electrons. The van der Waals surface area contributed by atoms with Crippen molar-refractivity contribution in [2.75, 3.05) is 0 Å². The third-order valence-electron chi connectivity index (χ3n) is 2.15. The Bertz CT molecular complexity index is 639. The lowest BCUT2D eigenvalue weighted by atomic mass is 10.1. The van der Waals surface area contributed by atoms with Crippen LogP contribution in [0.15, 0.2) is 29.2 Å². The van der Waals surface area contributed by atoms with Crippen molar-refractivity contribution in [3.63, 3.8) is 0 Å². The molecular weight excluding hydrogens is 287 g/mol. The van der Waals surface area contributed by atoms with Gasteiger partial charge in [-0.05, 0) is 18.2 Å². The molecule has 0 aliphatic rings. The molecule has 1 aromatic carbocycles. The number of rotatable bonds is 1. The Balaban J connectivity index is 2.76. The van der Waals surface area contributed by atoms with Crippen LogP contribution in [-0.4, -0.2) is 4.98 Å². The molecule has 0 atom stereocenters. The molecule has 0 saturated carbocycles. The van der Waals surface area contributed by atoms with Gasteiger partial charge in [0.05, 0.1) is 15.6 Å². The Hall–Kier alpha value is -1.03. The zero-order valence-corrected chi connectivity index (χ0v) is 10.5. The summed E-state index contributed by atoms with van der Waals surface area (Å²) >= 11 is 17.6. The largest absolute Gasteiger partial charge is 0.326 e. The monoisotopic (exact) mass is 291 g/mol. The number of halogens is 4. The van der Waals surface area contributed by atoms with Crippen LogP contribution in [0, 0.1) is 5.82 Å².